The Labute approximate surface area is 210 Å². The lowest BCUT2D eigenvalue weighted by molar-refractivity contribution is -0.146. The zero-order valence-corrected chi connectivity index (χ0v) is 22.9. The van der Waals surface area contributed by atoms with Crippen LogP contribution in [0.5, 0.6) is 0 Å². The van der Waals surface area contributed by atoms with E-state index in [-0.39, 0.29) is 18.0 Å². The molecule has 0 bridgehead atoms. The molecule has 0 fully saturated rings. The van der Waals surface area contributed by atoms with Gasteiger partial charge in [0.25, 0.3) is 0 Å². The summed E-state index contributed by atoms with van der Waals surface area (Å²) in [6.45, 7) is 16.1. The van der Waals surface area contributed by atoms with Crippen molar-refractivity contribution < 1.29 is 24.2 Å². The van der Waals surface area contributed by atoms with Crippen molar-refractivity contribution in [3.05, 3.63) is 34.9 Å². The number of nitrogens with one attached hydrogen (secondary N) is 2. The monoisotopic (exact) mass is 491 g/mol. The first-order valence-corrected chi connectivity index (χ1v) is 12.6. The normalized spacial score (nSPS) is 14.9. The average molecular weight is 492 g/mol. The summed E-state index contributed by atoms with van der Waals surface area (Å²) in [5.41, 5.74) is 1.75. The Morgan fingerprint density at radius 2 is 1.63 bits per heavy atom. The Morgan fingerprint density at radius 3 is 2.09 bits per heavy atom. The van der Waals surface area contributed by atoms with Gasteiger partial charge in [-0.1, -0.05) is 38.5 Å². The Balaban J connectivity index is 3.54. The number of amides is 3. The van der Waals surface area contributed by atoms with Gasteiger partial charge in [-0.25, -0.2) is 4.79 Å². The van der Waals surface area contributed by atoms with Crippen molar-refractivity contribution in [1.82, 2.24) is 15.5 Å². The van der Waals surface area contributed by atoms with Gasteiger partial charge in [0.2, 0.25) is 11.8 Å². The highest BCUT2D eigenvalue weighted by atomic mass is 16.6. The van der Waals surface area contributed by atoms with Gasteiger partial charge >= 0.3 is 6.09 Å². The van der Waals surface area contributed by atoms with Gasteiger partial charge < -0.3 is 25.4 Å². The zero-order chi connectivity index (χ0) is 26.9. The van der Waals surface area contributed by atoms with Crippen LogP contribution in [-0.4, -0.2) is 58.2 Å². The third-order valence-corrected chi connectivity index (χ3v) is 5.94. The van der Waals surface area contributed by atoms with E-state index in [2.05, 4.69) is 17.6 Å². The predicted octanol–water partition coefficient (Wildman–Crippen LogP) is 4.16. The lowest BCUT2D eigenvalue weighted by Gasteiger charge is -2.39. The molecule has 0 saturated carbocycles. The maximum atomic E-state index is 13.8. The van der Waals surface area contributed by atoms with Crippen molar-refractivity contribution in [2.75, 3.05) is 6.61 Å². The van der Waals surface area contributed by atoms with Crippen LogP contribution in [0.25, 0.3) is 0 Å². The molecule has 0 saturated heterocycles. The molecule has 0 spiro atoms. The zero-order valence-electron chi connectivity index (χ0n) is 22.9. The van der Waals surface area contributed by atoms with Crippen LogP contribution in [0.4, 0.5) is 4.79 Å². The molecule has 0 aliphatic heterocycles. The molecule has 0 aromatic heterocycles. The molecule has 4 atom stereocenters. The Kier molecular flexibility index (Phi) is 11.7. The minimum absolute atomic E-state index is 0.0678. The van der Waals surface area contributed by atoms with Gasteiger partial charge in [-0.05, 0) is 78.0 Å². The molecule has 8 heteroatoms. The highest BCUT2D eigenvalue weighted by Gasteiger charge is 2.39. The van der Waals surface area contributed by atoms with Gasteiger partial charge in [-0.3, -0.25) is 9.59 Å². The minimum atomic E-state index is -1.26. The van der Waals surface area contributed by atoms with Gasteiger partial charge in [0.1, 0.15) is 17.7 Å². The fraction of sp³-hybridized carbons (Fsp3) is 0.667. The lowest BCUT2D eigenvalue weighted by atomic mass is 9.92. The molecule has 1 aromatic rings. The Hall–Kier alpha value is -2.61. The molecule has 1 aromatic carbocycles. The number of aliphatic hydroxyl groups is 1. The standard InChI is InChI=1S/C27H45N3O5/c1-10-13-19(5)28-24(32)23(22-17(3)14-12-15-18(22)4)30(20(6)11-2)25(33)21(16-31)29-26(34)35-27(7,8)9/h12,14-15,19-21,23,31H,10-11,13,16H2,1-9H3,(H,28,32)(H,29,34). The van der Waals surface area contributed by atoms with Crippen LogP contribution in [0, 0.1) is 13.8 Å². The second-order valence-electron chi connectivity index (χ2n) is 10.3. The predicted molar refractivity (Wildman–Crippen MR) is 138 cm³/mol. The highest BCUT2D eigenvalue weighted by Crippen LogP contribution is 2.31. The van der Waals surface area contributed by atoms with Crippen molar-refractivity contribution in [1.29, 1.82) is 0 Å². The number of rotatable bonds is 11. The molecule has 0 aliphatic rings. The first-order valence-electron chi connectivity index (χ1n) is 12.6. The number of carbonyl (C=O) groups is 3. The van der Waals surface area contributed by atoms with Crippen LogP contribution < -0.4 is 10.6 Å². The fourth-order valence-electron chi connectivity index (χ4n) is 4.09. The summed E-state index contributed by atoms with van der Waals surface area (Å²) in [5.74, 6) is -0.829. The maximum Gasteiger partial charge on any atom is 0.408 e. The first-order chi connectivity index (χ1) is 16.3. The molecule has 3 amide bonds. The third-order valence-electron chi connectivity index (χ3n) is 5.94. The summed E-state index contributed by atoms with van der Waals surface area (Å²) >= 11 is 0. The van der Waals surface area contributed by atoms with Crippen LogP contribution in [0.1, 0.15) is 90.5 Å². The van der Waals surface area contributed by atoms with Gasteiger partial charge in [-0.2, -0.15) is 0 Å². The molecule has 3 N–H and O–H groups in total. The van der Waals surface area contributed by atoms with Crippen molar-refractivity contribution in [3.8, 4) is 0 Å². The largest absolute Gasteiger partial charge is 0.444 e. The molecule has 198 valence electrons. The number of hydrogen-bond donors (Lipinski definition) is 3. The number of benzene rings is 1. The van der Waals surface area contributed by atoms with Gasteiger partial charge in [0, 0.05) is 12.1 Å². The summed E-state index contributed by atoms with van der Waals surface area (Å²) in [7, 11) is 0. The number of aliphatic hydroxyl groups excluding tert-OH is 1. The molecular weight excluding hydrogens is 446 g/mol. The molecule has 1 rings (SSSR count). The van der Waals surface area contributed by atoms with Crippen LogP contribution >= 0.6 is 0 Å². The summed E-state index contributed by atoms with van der Waals surface area (Å²) in [6.07, 6.45) is 1.49. The fourth-order valence-corrected chi connectivity index (χ4v) is 4.09. The van der Waals surface area contributed by atoms with E-state index in [0.29, 0.717) is 6.42 Å². The van der Waals surface area contributed by atoms with Crippen molar-refractivity contribution in [2.24, 2.45) is 0 Å². The van der Waals surface area contributed by atoms with Crippen LogP contribution in [-0.2, 0) is 14.3 Å². The third kappa shape index (κ3) is 8.84. The van der Waals surface area contributed by atoms with Crippen LogP contribution in [0.3, 0.4) is 0 Å². The molecule has 0 heterocycles. The topological polar surface area (TPSA) is 108 Å². The van der Waals surface area contributed by atoms with E-state index in [0.717, 1.165) is 29.5 Å². The number of alkyl carbamates (subject to hydrolysis) is 1. The number of ether oxygens (including phenoxy) is 1. The van der Waals surface area contributed by atoms with Crippen LogP contribution in [0.2, 0.25) is 0 Å². The average Bonchev–Trinajstić information content (AvgIpc) is 2.74. The number of carbonyl (C=O) groups excluding carboxylic acids is 3. The lowest BCUT2D eigenvalue weighted by Crippen LogP contribution is -2.57. The van der Waals surface area contributed by atoms with Crippen molar-refractivity contribution in [3.63, 3.8) is 0 Å². The Morgan fingerprint density at radius 1 is 1.06 bits per heavy atom. The number of hydrogen-bond acceptors (Lipinski definition) is 5. The summed E-state index contributed by atoms with van der Waals surface area (Å²) in [6, 6.07) is 3.16. The van der Waals surface area contributed by atoms with E-state index in [1.807, 2.05) is 52.8 Å². The highest BCUT2D eigenvalue weighted by molar-refractivity contribution is 5.93. The van der Waals surface area contributed by atoms with E-state index in [4.69, 9.17) is 4.74 Å². The number of nitrogens with zero attached hydrogens (tertiary/aromatic N) is 1. The maximum absolute atomic E-state index is 13.8. The van der Waals surface area contributed by atoms with Crippen molar-refractivity contribution >= 4 is 17.9 Å². The van der Waals surface area contributed by atoms with Gasteiger partial charge in [-0.15, -0.1) is 0 Å². The summed E-state index contributed by atoms with van der Waals surface area (Å²) in [4.78, 5) is 41.5. The van der Waals surface area contributed by atoms with E-state index < -0.39 is 36.3 Å². The van der Waals surface area contributed by atoms with E-state index in [9.17, 15) is 19.5 Å². The molecular formula is C27H45N3O5. The van der Waals surface area contributed by atoms with Crippen LogP contribution in [0.15, 0.2) is 18.2 Å². The molecule has 4 unspecified atom stereocenters. The van der Waals surface area contributed by atoms with Gasteiger partial charge in [0.15, 0.2) is 0 Å². The minimum Gasteiger partial charge on any atom is -0.444 e. The SMILES string of the molecule is CCCC(C)NC(=O)C(c1c(C)cccc1C)N(C(=O)C(CO)NC(=O)OC(C)(C)C)C(C)CC. The summed E-state index contributed by atoms with van der Waals surface area (Å²) < 4.78 is 5.29. The first kappa shape index (κ1) is 30.4. The van der Waals surface area contributed by atoms with Gasteiger partial charge in [0.05, 0.1) is 6.61 Å². The molecule has 0 aliphatic carbocycles. The number of aryl methyl sites for hydroxylation is 2. The molecule has 0 radical (unpaired) electrons. The smallest absolute Gasteiger partial charge is 0.408 e. The molecule has 8 nitrogen and oxygen atoms in total. The van der Waals surface area contributed by atoms with E-state index >= 15 is 0 Å². The second-order valence-corrected chi connectivity index (χ2v) is 10.3. The second kappa shape index (κ2) is 13.5. The van der Waals surface area contributed by atoms with Crippen molar-refractivity contribution in [2.45, 2.75) is 111 Å². The quantitative estimate of drug-likeness (QED) is 0.431. The summed E-state index contributed by atoms with van der Waals surface area (Å²) in [5, 5.41) is 15.6. The van der Waals surface area contributed by atoms with E-state index in [1.165, 1.54) is 4.90 Å². The van der Waals surface area contributed by atoms with E-state index in [1.54, 1.807) is 20.8 Å². The molecule has 35 heavy (non-hydrogen) atoms. The Bertz CT molecular complexity index is 845.